The predicted octanol–water partition coefficient (Wildman–Crippen LogP) is 2.62. The van der Waals surface area contributed by atoms with Crippen LogP contribution in [0.2, 0.25) is 15.1 Å². The number of rotatable bonds is 3. The zero-order valence-corrected chi connectivity index (χ0v) is 12.4. The Hall–Kier alpha value is -0.520. The van der Waals surface area contributed by atoms with Crippen LogP contribution in [0.5, 0.6) is 0 Å². The first-order valence-corrected chi connectivity index (χ1v) is 7.01. The fraction of sp³-hybridized carbons (Fsp3) is 0.417. The van der Waals surface area contributed by atoms with Crippen LogP contribution in [0.15, 0.2) is 12.1 Å². The highest BCUT2D eigenvalue weighted by atomic mass is 35.5. The maximum atomic E-state index is 11.9. The Kier molecular flexibility index (Phi) is 4.92. The van der Waals surface area contributed by atoms with Crippen molar-refractivity contribution in [2.24, 2.45) is 5.73 Å². The maximum Gasteiger partial charge on any atom is 0.238 e. The molecule has 0 radical (unpaired) electrons. The monoisotopic (exact) mass is 321 g/mol. The van der Waals surface area contributed by atoms with Crippen molar-refractivity contribution < 1.29 is 4.79 Å². The van der Waals surface area contributed by atoms with Gasteiger partial charge in [0.2, 0.25) is 5.91 Å². The minimum Gasteiger partial charge on any atom is -0.326 e. The van der Waals surface area contributed by atoms with Crippen molar-refractivity contribution in [1.29, 1.82) is 0 Å². The second-order valence-electron chi connectivity index (χ2n) is 4.58. The molecule has 0 aliphatic carbocycles. The van der Waals surface area contributed by atoms with Gasteiger partial charge in [0.15, 0.2) is 0 Å². The molecule has 0 bridgehead atoms. The molecule has 19 heavy (non-hydrogen) atoms. The molecule has 0 saturated carbocycles. The summed E-state index contributed by atoms with van der Waals surface area (Å²) in [5.74, 6) is -0.166. The Balaban J connectivity index is 1.99. The summed E-state index contributed by atoms with van der Waals surface area (Å²) >= 11 is 17.8. The Bertz CT molecular complexity index is 472. The predicted molar refractivity (Wildman–Crippen MR) is 79.1 cm³/mol. The third-order valence-electron chi connectivity index (χ3n) is 2.95. The number of nitrogens with one attached hydrogen (secondary N) is 1. The molecule has 0 aromatic heterocycles. The molecule has 7 heteroatoms. The lowest BCUT2D eigenvalue weighted by atomic mass is 10.3. The molecule has 1 heterocycles. The van der Waals surface area contributed by atoms with Crippen LogP contribution in [0.1, 0.15) is 6.42 Å². The summed E-state index contributed by atoms with van der Waals surface area (Å²) in [5, 5.41) is 3.78. The van der Waals surface area contributed by atoms with Crippen LogP contribution in [-0.2, 0) is 4.79 Å². The topological polar surface area (TPSA) is 58.4 Å². The number of carbonyl (C=O) groups is 1. The van der Waals surface area contributed by atoms with E-state index in [1.54, 1.807) is 0 Å². The van der Waals surface area contributed by atoms with Crippen molar-refractivity contribution in [3.63, 3.8) is 0 Å². The van der Waals surface area contributed by atoms with E-state index in [1.807, 2.05) is 4.90 Å². The number of hydrogen-bond donors (Lipinski definition) is 2. The molecule has 0 unspecified atom stereocenters. The summed E-state index contributed by atoms with van der Waals surface area (Å²) < 4.78 is 0. The molecule has 2 rings (SSSR count). The molecule has 1 fully saturated rings. The molecule has 1 aliphatic heterocycles. The number of hydrogen-bond acceptors (Lipinski definition) is 3. The van der Waals surface area contributed by atoms with Gasteiger partial charge in [0.25, 0.3) is 0 Å². The lowest BCUT2D eigenvalue weighted by Gasteiger charge is -2.16. The van der Waals surface area contributed by atoms with Gasteiger partial charge in [0, 0.05) is 24.2 Å². The van der Waals surface area contributed by atoms with E-state index >= 15 is 0 Å². The Morgan fingerprint density at radius 3 is 2.53 bits per heavy atom. The molecular weight excluding hydrogens is 309 g/mol. The van der Waals surface area contributed by atoms with Crippen LogP contribution >= 0.6 is 34.8 Å². The maximum absolute atomic E-state index is 11.9. The number of benzene rings is 1. The first-order valence-electron chi connectivity index (χ1n) is 5.88. The molecule has 1 atom stereocenters. The second-order valence-corrected chi connectivity index (χ2v) is 5.83. The number of halogens is 3. The SMILES string of the molecule is N[C@@H]1CCN(CC(=O)Nc2c(Cl)cc(Cl)cc2Cl)C1. The molecule has 1 aromatic carbocycles. The standard InChI is InChI=1S/C12H14Cl3N3O/c13-7-3-9(14)12(10(15)4-7)17-11(19)6-18-2-1-8(16)5-18/h3-4,8H,1-2,5-6,16H2,(H,17,19)/t8-/m1/s1. The molecule has 4 nitrogen and oxygen atoms in total. The number of likely N-dealkylation sites (tertiary alicyclic amines) is 1. The Morgan fingerprint density at radius 1 is 1.37 bits per heavy atom. The van der Waals surface area contributed by atoms with E-state index in [0.717, 1.165) is 19.5 Å². The fourth-order valence-electron chi connectivity index (χ4n) is 2.05. The van der Waals surface area contributed by atoms with Crippen molar-refractivity contribution >= 4 is 46.4 Å². The molecule has 1 aromatic rings. The van der Waals surface area contributed by atoms with E-state index in [4.69, 9.17) is 40.5 Å². The van der Waals surface area contributed by atoms with Gasteiger partial charge >= 0.3 is 0 Å². The van der Waals surface area contributed by atoms with Crippen LogP contribution in [0.4, 0.5) is 5.69 Å². The Labute approximate surface area is 126 Å². The van der Waals surface area contributed by atoms with E-state index in [-0.39, 0.29) is 18.5 Å². The van der Waals surface area contributed by atoms with E-state index in [2.05, 4.69) is 5.32 Å². The Morgan fingerprint density at radius 2 is 2.00 bits per heavy atom. The van der Waals surface area contributed by atoms with Crippen molar-refractivity contribution in [2.75, 3.05) is 25.0 Å². The van der Waals surface area contributed by atoms with Crippen LogP contribution in [-0.4, -0.2) is 36.5 Å². The van der Waals surface area contributed by atoms with Gasteiger partial charge in [0.05, 0.1) is 22.3 Å². The van der Waals surface area contributed by atoms with Gasteiger partial charge in [-0.15, -0.1) is 0 Å². The van der Waals surface area contributed by atoms with E-state index < -0.39 is 0 Å². The number of anilines is 1. The second kappa shape index (κ2) is 6.29. The molecule has 1 amide bonds. The number of nitrogens with two attached hydrogens (primary N) is 1. The molecule has 1 aliphatic rings. The number of amides is 1. The van der Waals surface area contributed by atoms with E-state index in [9.17, 15) is 4.79 Å². The average Bonchev–Trinajstić information content (AvgIpc) is 2.69. The lowest BCUT2D eigenvalue weighted by Crippen LogP contribution is -2.33. The quantitative estimate of drug-likeness (QED) is 0.899. The van der Waals surface area contributed by atoms with Gasteiger partial charge in [-0.2, -0.15) is 0 Å². The van der Waals surface area contributed by atoms with Crippen molar-refractivity contribution in [3.05, 3.63) is 27.2 Å². The first kappa shape index (κ1) is 14.9. The van der Waals surface area contributed by atoms with Crippen molar-refractivity contribution in [1.82, 2.24) is 4.90 Å². The smallest absolute Gasteiger partial charge is 0.238 e. The largest absolute Gasteiger partial charge is 0.326 e. The summed E-state index contributed by atoms with van der Waals surface area (Å²) in [5.41, 5.74) is 6.18. The van der Waals surface area contributed by atoms with Gasteiger partial charge in [0.1, 0.15) is 0 Å². The molecule has 104 valence electrons. The minimum atomic E-state index is -0.166. The van der Waals surface area contributed by atoms with Gasteiger partial charge < -0.3 is 11.1 Å². The van der Waals surface area contributed by atoms with E-state index in [1.165, 1.54) is 12.1 Å². The van der Waals surface area contributed by atoms with Gasteiger partial charge in [-0.3, -0.25) is 9.69 Å². The van der Waals surface area contributed by atoms with Crippen LogP contribution in [0, 0.1) is 0 Å². The molecule has 0 spiro atoms. The summed E-state index contributed by atoms with van der Waals surface area (Å²) in [6, 6.07) is 3.22. The lowest BCUT2D eigenvalue weighted by molar-refractivity contribution is -0.117. The zero-order chi connectivity index (χ0) is 14.0. The van der Waals surface area contributed by atoms with Crippen LogP contribution in [0.3, 0.4) is 0 Å². The highest BCUT2D eigenvalue weighted by molar-refractivity contribution is 6.42. The summed E-state index contributed by atoms with van der Waals surface area (Å²) in [4.78, 5) is 13.9. The van der Waals surface area contributed by atoms with Crippen LogP contribution < -0.4 is 11.1 Å². The summed E-state index contributed by atoms with van der Waals surface area (Å²) in [6.07, 6.45) is 0.912. The minimum absolute atomic E-state index is 0.149. The zero-order valence-electron chi connectivity index (χ0n) is 10.1. The van der Waals surface area contributed by atoms with Crippen molar-refractivity contribution in [3.8, 4) is 0 Å². The first-order chi connectivity index (χ1) is 8.95. The number of carbonyl (C=O) groups excluding carboxylic acids is 1. The molecular formula is C12H14Cl3N3O. The molecule has 3 N–H and O–H groups in total. The van der Waals surface area contributed by atoms with Gasteiger partial charge in [-0.05, 0) is 18.6 Å². The summed E-state index contributed by atoms with van der Waals surface area (Å²) in [7, 11) is 0. The average molecular weight is 323 g/mol. The van der Waals surface area contributed by atoms with Gasteiger partial charge in [-0.1, -0.05) is 34.8 Å². The van der Waals surface area contributed by atoms with Crippen molar-refractivity contribution in [2.45, 2.75) is 12.5 Å². The molecule has 1 saturated heterocycles. The fourth-order valence-corrected chi connectivity index (χ4v) is 2.96. The summed E-state index contributed by atoms with van der Waals surface area (Å²) in [6.45, 7) is 1.84. The third-order valence-corrected chi connectivity index (χ3v) is 3.76. The highest BCUT2D eigenvalue weighted by Gasteiger charge is 2.21. The third kappa shape index (κ3) is 3.97. The van der Waals surface area contributed by atoms with E-state index in [0.29, 0.717) is 20.8 Å². The normalized spacial score (nSPS) is 19.7. The van der Waals surface area contributed by atoms with Crippen LogP contribution in [0.25, 0.3) is 0 Å². The van der Waals surface area contributed by atoms with Gasteiger partial charge in [-0.25, -0.2) is 0 Å². The number of nitrogens with zero attached hydrogens (tertiary/aromatic N) is 1. The highest BCUT2D eigenvalue weighted by Crippen LogP contribution is 2.33.